The van der Waals surface area contributed by atoms with Crippen LogP contribution < -0.4 is 11.2 Å². The van der Waals surface area contributed by atoms with E-state index in [9.17, 15) is 14.4 Å². The smallest absolute Gasteiger partial charge is 0.328 e. The first-order valence-electron chi connectivity index (χ1n) is 6.01. The lowest BCUT2D eigenvalue weighted by molar-refractivity contribution is 0.0604. The Bertz CT molecular complexity index is 552. The Labute approximate surface area is 104 Å². The SMILES string of the molecule is CC(=O)c1c[nH]c(=O)n(CC2CCOCC2)c1=O. The number of hydrogen-bond donors (Lipinski definition) is 1. The van der Waals surface area contributed by atoms with Crippen molar-refractivity contribution in [1.82, 2.24) is 9.55 Å². The van der Waals surface area contributed by atoms with Crippen LogP contribution in [0, 0.1) is 5.92 Å². The van der Waals surface area contributed by atoms with Gasteiger partial charge in [0.05, 0.1) is 5.56 Å². The van der Waals surface area contributed by atoms with Crippen LogP contribution >= 0.6 is 0 Å². The summed E-state index contributed by atoms with van der Waals surface area (Å²) in [5.41, 5.74) is -0.934. The Balaban J connectivity index is 2.31. The van der Waals surface area contributed by atoms with Crippen LogP contribution in [0.5, 0.6) is 0 Å². The van der Waals surface area contributed by atoms with E-state index in [2.05, 4.69) is 4.98 Å². The van der Waals surface area contributed by atoms with Crippen molar-refractivity contribution in [3.63, 3.8) is 0 Å². The first-order chi connectivity index (χ1) is 8.59. The van der Waals surface area contributed by atoms with Crippen LogP contribution in [0.4, 0.5) is 0 Å². The summed E-state index contributed by atoms with van der Waals surface area (Å²) in [5, 5.41) is 0. The zero-order chi connectivity index (χ0) is 13.1. The molecule has 0 saturated carbocycles. The molecule has 6 nitrogen and oxygen atoms in total. The van der Waals surface area contributed by atoms with Crippen molar-refractivity contribution in [2.75, 3.05) is 13.2 Å². The largest absolute Gasteiger partial charge is 0.381 e. The zero-order valence-electron chi connectivity index (χ0n) is 10.3. The summed E-state index contributed by atoms with van der Waals surface area (Å²) in [7, 11) is 0. The Morgan fingerprint density at radius 2 is 2.11 bits per heavy atom. The van der Waals surface area contributed by atoms with E-state index in [-0.39, 0.29) is 17.3 Å². The number of nitrogens with one attached hydrogen (secondary N) is 1. The normalized spacial score (nSPS) is 16.7. The summed E-state index contributed by atoms with van der Waals surface area (Å²) in [4.78, 5) is 37.4. The van der Waals surface area contributed by atoms with Gasteiger partial charge in [0.1, 0.15) is 0 Å². The minimum atomic E-state index is -0.502. The maximum atomic E-state index is 12.0. The number of ether oxygens (including phenoxy) is 1. The van der Waals surface area contributed by atoms with E-state index in [1.165, 1.54) is 13.1 Å². The number of H-pyrrole nitrogens is 1. The van der Waals surface area contributed by atoms with Crippen molar-refractivity contribution in [2.24, 2.45) is 5.92 Å². The number of Topliss-reactive ketones (excluding diaryl/α,β-unsaturated/α-hetero) is 1. The summed E-state index contributed by atoms with van der Waals surface area (Å²) in [6.07, 6.45) is 2.85. The van der Waals surface area contributed by atoms with Crippen LogP contribution in [-0.4, -0.2) is 28.5 Å². The first kappa shape index (κ1) is 12.8. The van der Waals surface area contributed by atoms with Crippen molar-refractivity contribution in [2.45, 2.75) is 26.3 Å². The van der Waals surface area contributed by atoms with Crippen LogP contribution in [0.3, 0.4) is 0 Å². The van der Waals surface area contributed by atoms with Crippen LogP contribution in [0.15, 0.2) is 15.8 Å². The molecule has 1 aliphatic rings. The molecular formula is C12H16N2O4. The third kappa shape index (κ3) is 2.59. The molecule has 1 N–H and O–H groups in total. The highest BCUT2D eigenvalue weighted by Crippen LogP contribution is 2.15. The number of carbonyl (C=O) groups excluding carboxylic acids is 1. The van der Waals surface area contributed by atoms with Gasteiger partial charge in [0, 0.05) is 26.0 Å². The van der Waals surface area contributed by atoms with Gasteiger partial charge in [0.25, 0.3) is 5.56 Å². The molecule has 2 heterocycles. The van der Waals surface area contributed by atoms with Gasteiger partial charge in [-0.3, -0.25) is 14.2 Å². The van der Waals surface area contributed by atoms with Gasteiger partial charge in [-0.1, -0.05) is 0 Å². The standard InChI is InChI=1S/C12H16N2O4/c1-8(15)10-6-13-12(17)14(11(10)16)7-9-2-4-18-5-3-9/h6,9H,2-5,7H2,1H3,(H,13,17). The van der Waals surface area contributed by atoms with Crippen molar-refractivity contribution in [3.8, 4) is 0 Å². The maximum absolute atomic E-state index is 12.0. The fourth-order valence-corrected chi connectivity index (χ4v) is 2.12. The average molecular weight is 252 g/mol. The zero-order valence-corrected chi connectivity index (χ0v) is 10.3. The number of nitrogens with zero attached hydrogens (tertiary/aromatic N) is 1. The summed E-state index contributed by atoms with van der Waals surface area (Å²) < 4.78 is 6.35. The van der Waals surface area contributed by atoms with Crippen molar-refractivity contribution in [3.05, 3.63) is 32.6 Å². The van der Waals surface area contributed by atoms with Gasteiger partial charge in [0.15, 0.2) is 5.78 Å². The van der Waals surface area contributed by atoms with Crippen LogP contribution in [0.2, 0.25) is 0 Å². The van der Waals surface area contributed by atoms with E-state index in [1.54, 1.807) is 0 Å². The molecule has 0 aromatic carbocycles. The second-order valence-corrected chi connectivity index (χ2v) is 4.54. The quantitative estimate of drug-likeness (QED) is 0.777. The minimum absolute atomic E-state index is 0.0293. The molecule has 0 aliphatic carbocycles. The van der Waals surface area contributed by atoms with Gasteiger partial charge in [-0.25, -0.2) is 4.79 Å². The third-order valence-corrected chi connectivity index (χ3v) is 3.22. The number of aromatic amines is 1. The highest BCUT2D eigenvalue weighted by Gasteiger charge is 2.18. The fraction of sp³-hybridized carbons (Fsp3) is 0.583. The van der Waals surface area contributed by atoms with Crippen molar-refractivity contribution < 1.29 is 9.53 Å². The summed E-state index contributed by atoms with van der Waals surface area (Å²) in [6, 6.07) is 0. The lowest BCUT2D eigenvalue weighted by atomic mass is 10.0. The Morgan fingerprint density at radius 1 is 1.44 bits per heavy atom. The lowest BCUT2D eigenvalue weighted by Gasteiger charge is -2.22. The molecule has 1 aromatic heterocycles. The first-order valence-corrected chi connectivity index (χ1v) is 6.01. The molecule has 6 heteroatoms. The van der Waals surface area contributed by atoms with E-state index in [1.807, 2.05) is 0 Å². The molecule has 0 amide bonds. The molecule has 2 rings (SSSR count). The van der Waals surface area contributed by atoms with E-state index in [4.69, 9.17) is 4.74 Å². The van der Waals surface area contributed by atoms with E-state index >= 15 is 0 Å². The van der Waals surface area contributed by atoms with Gasteiger partial charge in [-0.2, -0.15) is 0 Å². The van der Waals surface area contributed by atoms with Crippen molar-refractivity contribution >= 4 is 5.78 Å². The summed E-state index contributed by atoms with van der Waals surface area (Å²) in [6.45, 7) is 2.97. The third-order valence-electron chi connectivity index (χ3n) is 3.22. The summed E-state index contributed by atoms with van der Waals surface area (Å²) in [5.74, 6) is -0.0864. The Morgan fingerprint density at radius 3 is 2.72 bits per heavy atom. The minimum Gasteiger partial charge on any atom is -0.381 e. The Kier molecular flexibility index (Phi) is 3.76. The molecule has 0 spiro atoms. The van der Waals surface area contributed by atoms with E-state index in [0.29, 0.717) is 19.8 Å². The molecule has 1 saturated heterocycles. The predicted octanol–water partition coefficient (Wildman–Crippen LogP) is 0.166. The van der Waals surface area contributed by atoms with Crippen LogP contribution in [0.25, 0.3) is 0 Å². The lowest BCUT2D eigenvalue weighted by Crippen LogP contribution is -2.40. The number of ketones is 1. The van der Waals surface area contributed by atoms with Gasteiger partial charge in [-0.15, -0.1) is 0 Å². The molecular weight excluding hydrogens is 236 g/mol. The molecule has 0 radical (unpaired) electrons. The highest BCUT2D eigenvalue weighted by molar-refractivity contribution is 5.93. The fourth-order valence-electron chi connectivity index (χ4n) is 2.12. The van der Waals surface area contributed by atoms with E-state index in [0.717, 1.165) is 17.4 Å². The van der Waals surface area contributed by atoms with E-state index < -0.39 is 11.2 Å². The number of rotatable bonds is 3. The van der Waals surface area contributed by atoms with Gasteiger partial charge in [-0.05, 0) is 25.7 Å². The number of aromatic nitrogens is 2. The molecule has 18 heavy (non-hydrogen) atoms. The molecule has 1 aliphatic heterocycles. The summed E-state index contributed by atoms with van der Waals surface area (Å²) >= 11 is 0. The average Bonchev–Trinajstić information content (AvgIpc) is 2.35. The molecule has 0 bridgehead atoms. The maximum Gasteiger partial charge on any atom is 0.328 e. The highest BCUT2D eigenvalue weighted by atomic mass is 16.5. The second kappa shape index (κ2) is 5.30. The van der Waals surface area contributed by atoms with Gasteiger partial charge < -0.3 is 9.72 Å². The van der Waals surface area contributed by atoms with Crippen LogP contribution in [0.1, 0.15) is 30.1 Å². The molecule has 0 atom stereocenters. The van der Waals surface area contributed by atoms with Gasteiger partial charge in [0.2, 0.25) is 0 Å². The number of carbonyl (C=O) groups is 1. The number of hydrogen-bond acceptors (Lipinski definition) is 4. The predicted molar refractivity (Wildman–Crippen MR) is 64.9 cm³/mol. The molecule has 98 valence electrons. The monoisotopic (exact) mass is 252 g/mol. The molecule has 1 aromatic rings. The van der Waals surface area contributed by atoms with Crippen LogP contribution in [-0.2, 0) is 11.3 Å². The molecule has 0 unspecified atom stereocenters. The second-order valence-electron chi connectivity index (χ2n) is 4.54. The van der Waals surface area contributed by atoms with Gasteiger partial charge >= 0.3 is 5.69 Å². The topological polar surface area (TPSA) is 81.2 Å². The van der Waals surface area contributed by atoms with Crippen molar-refractivity contribution in [1.29, 1.82) is 0 Å². The Hall–Kier alpha value is -1.69. The molecule has 1 fully saturated rings.